The third kappa shape index (κ3) is 5.42. The fraction of sp³-hybridized carbons (Fsp3) is 0.292. The van der Waals surface area contributed by atoms with E-state index in [4.69, 9.17) is 4.52 Å². The molecule has 0 aliphatic carbocycles. The van der Waals surface area contributed by atoms with Gasteiger partial charge in [-0.1, -0.05) is 78.0 Å². The maximum absolute atomic E-state index is 12.6. The predicted octanol–water partition coefficient (Wildman–Crippen LogP) is 3.53. The third-order valence-electron chi connectivity index (χ3n) is 5.25. The molecule has 0 saturated carbocycles. The summed E-state index contributed by atoms with van der Waals surface area (Å²) in [6.07, 6.45) is 5.20. The van der Waals surface area contributed by atoms with Crippen LogP contribution in [0, 0.1) is 0 Å². The summed E-state index contributed by atoms with van der Waals surface area (Å²) in [5.41, 5.74) is 2.12. The van der Waals surface area contributed by atoms with Crippen LogP contribution in [0.1, 0.15) is 17.9 Å². The lowest BCUT2D eigenvalue weighted by Crippen LogP contribution is -2.48. The number of benzene rings is 2. The largest absolute Gasteiger partial charge is 0.340 e. The Morgan fingerprint density at radius 3 is 2.40 bits per heavy atom. The summed E-state index contributed by atoms with van der Waals surface area (Å²) in [7, 11) is 0. The van der Waals surface area contributed by atoms with Crippen LogP contribution < -0.4 is 0 Å². The molecule has 3 aromatic rings. The van der Waals surface area contributed by atoms with Gasteiger partial charge < -0.3 is 9.42 Å². The van der Waals surface area contributed by atoms with E-state index in [1.165, 1.54) is 5.56 Å². The monoisotopic (exact) mass is 402 g/mol. The molecule has 1 saturated heterocycles. The number of carbonyl (C=O) groups excluding carboxylic acids is 1. The van der Waals surface area contributed by atoms with E-state index in [9.17, 15) is 4.79 Å². The second-order valence-corrected chi connectivity index (χ2v) is 7.37. The van der Waals surface area contributed by atoms with Gasteiger partial charge in [0.1, 0.15) is 0 Å². The van der Waals surface area contributed by atoms with Crippen LogP contribution in [-0.4, -0.2) is 58.6 Å². The van der Waals surface area contributed by atoms with Gasteiger partial charge in [-0.05, 0) is 5.56 Å². The molecule has 1 aromatic heterocycles. The van der Waals surface area contributed by atoms with Gasteiger partial charge in [0.25, 0.3) is 0 Å². The Bertz CT molecular complexity index is 961. The summed E-state index contributed by atoms with van der Waals surface area (Å²) in [6, 6.07) is 20.0. The Kier molecular flexibility index (Phi) is 6.67. The Morgan fingerprint density at radius 1 is 0.967 bits per heavy atom. The van der Waals surface area contributed by atoms with Crippen LogP contribution in [0.5, 0.6) is 0 Å². The normalized spacial score (nSPS) is 15.0. The zero-order valence-electron chi connectivity index (χ0n) is 17.0. The first-order chi connectivity index (χ1) is 14.8. The number of carbonyl (C=O) groups is 1. The van der Waals surface area contributed by atoms with Crippen molar-refractivity contribution in [1.29, 1.82) is 0 Å². The van der Waals surface area contributed by atoms with Gasteiger partial charge in [-0.15, -0.1) is 0 Å². The quantitative estimate of drug-likeness (QED) is 0.605. The van der Waals surface area contributed by atoms with E-state index < -0.39 is 0 Å². The minimum absolute atomic E-state index is 0.147. The molecule has 0 radical (unpaired) electrons. The molecule has 1 amide bonds. The summed E-state index contributed by atoms with van der Waals surface area (Å²) in [4.78, 5) is 21.3. The van der Waals surface area contributed by atoms with E-state index >= 15 is 0 Å². The summed E-state index contributed by atoms with van der Waals surface area (Å²) in [5, 5.41) is 4.01. The maximum Gasteiger partial charge on any atom is 0.227 e. The van der Waals surface area contributed by atoms with Crippen LogP contribution >= 0.6 is 0 Å². The van der Waals surface area contributed by atoms with E-state index in [1.54, 1.807) is 0 Å². The smallest absolute Gasteiger partial charge is 0.227 e. The van der Waals surface area contributed by atoms with Crippen LogP contribution in [-0.2, 0) is 11.2 Å². The van der Waals surface area contributed by atoms with Crippen molar-refractivity contribution in [2.24, 2.45) is 0 Å². The van der Waals surface area contributed by atoms with Gasteiger partial charge in [0.15, 0.2) is 0 Å². The first-order valence-electron chi connectivity index (χ1n) is 10.4. The number of piperazine rings is 1. The molecule has 0 unspecified atom stereocenters. The lowest BCUT2D eigenvalue weighted by molar-refractivity contribution is -0.132. The van der Waals surface area contributed by atoms with Crippen molar-refractivity contribution < 1.29 is 9.32 Å². The molecule has 0 spiro atoms. The van der Waals surface area contributed by atoms with E-state index in [-0.39, 0.29) is 5.91 Å². The van der Waals surface area contributed by atoms with Crippen molar-refractivity contribution >= 4 is 12.0 Å². The molecular weight excluding hydrogens is 376 g/mol. The lowest BCUT2D eigenvalue weighted by Gasteiger charge is -2.34. The number of amides is 1. The van der Waals surface area contributed by atoms with Gasteiger partial charge in [-0.25, -0.2) is 0 Å². The molecular formula is C24H26N4O2. The second-order valence-electron chi connectivity index (χ2n) is 7.37. The van der Waals surface area contributed by atoms with Crippen molar-refractivity contribution in [2.75, 3.05) is 32.7 Å². The highest BCUT2D eigenvalue weighted by molar-refractivity contribution is 5.76. The number of hydrogen-bond acceptors (Lipinski definition) is 5. The van der Waals surface area contributed by atoms with Gasteiger partial charge >= 0.3 is 0 Å². The molecule has 0 bridgehead atoms. The van der Waals surface area contributed by atoms with Crippen LogP contribution in [0.4, 0.5) is 0 Å². The highest BCUT2D eigenvalue weighted by Gasteiger charge is 2.21. The molecule has 1 fully saturated rings. The highest BCUT2D eigenvalue weighted by Crippen LogP contribution is 2.16. The molecule has 1 aliphatic heterocycles. The molecule has 6 nitrogen and oxygen atoms in total. The van der Waals surface area contributed by atoms with Crippen molar-refractivity contribution in [3.8, 4) is 11.4 Å². The summed E-state index contributed by atoms with van der Waals surface area (Å²) >= 11 is 0. The fourth-order valence-electron chi connectivity index (χ4n) is 3.51. The van der Waals surface area contributed by atoms with E-state index in [0.29, 0.717) is 24.6 Å². The van der Waals surface area contributed by atoms with Crippen LogP contribution in [0.2, 0.25) is 0 Å². The maximum atomic E-state index is 12.6. The third-order valence-corrected chi connectivity index (χ3v) is 5.25. The molecule has 2 aromatic carbocycles. The van der Waals surface area contributed by atoms with E-state index in [2.05, 4.69) is 39.3 Å². The molecule has 2 heterocycles. The molecule has 6 heteroatoms. The fourth-order valence-corrected chi connectivity index (χ4v) is 3.51. The van der Waals surface area contributed by atoms with Gasteiger partial charge in [0.05, 0.1) is 0 Å². The Labute approximate surface area is 176 Å². The number of nitrogens with zero attached hydrogens (tertiary/aromatic N) is 4. The first-order valence-corrected chi connectivity index (χ1v) is 10.4. The zero-order valence-corrected chi connectivity index (χ0v) is 17.0. The predicted molar refractivity (Wildman–Crippen MR) is 117 cm³/mol. The van der Waals surface area contributed by atoms with Crippen molar-refractivity contribution in [1.82, 2.24) is 19.9 Å². The molecule has 0 N–H and O–H groups in total. The standard InChI is InChI=1S/C24H26N4O2/c29-23(14-13-22-25-24(26-30-22)21-11-5-2-6-12-21)28-18-16-27(17-19-28)15-7-10-20-8-3-1-4-9-20/h1-12H,13-19H2. The van der Waals surface area contributed by atoms with Crippen LogP contribution in [0.15, 0.2) is 71.3 Å². The van der Waals surface area contributed by atoms with Gasteiger partial charge in [-0.2, -0.15) is 4.98 Å². The summed E-state index contributed by atoms with van der Waals surface area (Å²) in [5.74, 6) is 1.22. The minimum Gasteiger partial charge on any atom is -0.340 e. The first kappa shape index (κ1) is 20.0. The average molecular weight is 402 g/mol. The lowest BCUT2D eigenvalue weighted by atomic mass is 10.2. The molecule has 4 rings (SSSR count). The Hall–Kier alpha value is -3.25. The van der Waals surface area contributed by atoms with E-state index in [1.807, 2.05) is 53.4 Å². The molecule has 1 aliphatic rings. The number of hydrogen-bond donors (Lipinski definition) is 0. The van der Waals surface area contributed by atoms with E-state index in [0.717, 1.165) is 38.3 Å². The van der Waals surface area contributed by atoms with Gasteiger partial charge in [0, 0.05) is 51.1 Å². The molecule has 154 valence electrons. The summed E-state index contributed by atoms with van der Waals surface area (Å²) < 4.78 is 5.31. The second kappa shape index (κ2) is 9.98. The SMILES string of the molecule is O=C(CCc1nc(-c2ccccc2)no1)N1CCN(CC=Cc2ccccc2)CC1. The molecule has 30 heavy (non-hydrogen) atoms. The number of aryl methyl sites for hydroxylation is 1. The van der Waals surface area contributed by atoms with Crippen molar-refractivity contribution in [2.45, 2.75) is 12.8 Å². The number of aromatic nitrogens is 2. The van der Waals surface area contributed by atoms with Crippen molar-refractivity contribution in [3.05, 3.63) is 78.2 Å². The Morgan fingerprint density at radius 2 is 1.67 bits per heavy atom. The Balaban J connectivity index is 1.19. The minimum atomic E-state index is 0.147. The highest BCUT2D eigenvalue weighted by atomic mass is 16.5. The van der Waals surface area contributed by atoms with Crippen LogP contribution in [0.3, 0.4) is 0 Å². The zero-order chi connectivity index (χ0) is 20.6. The van der Waals surface area contributed by atoms with Crippen molar-refractivity contribution in [3.63, 3.8) is 0 Å². The topological polar surface area (TPSA) is 62.5 Å². The van der Waals surface area contributed by atoms with Crippen LogP contribution in [0.25, 0.3) is 17.5 Å². The average Bonchev–Trinajstić information content (AvgIpc) is 3.28. The number of rotatable bonds is 7. The van der Waals surface area contributed by atoms with Gasteiger partial charge in [0.2, 0.25) is 17.6 Å². The molecule has 0 atom stereocenters. The summed E-state index contributed by atoms with van der Waals surface area (Å²) in [6.45, 7) is 4.21. The van der Waals surface area contributed by atoms with Gasteiger partial charge in [-0.3, -0.25) is 9.69 Å².